The Bertz CT molecular complexity index is 496. The number of hydrogen-bond donors (Lipinski definition) is 1. The Labute approximate surface area is 128 Å². The first-order valence-corrected chi connectivity index (χ1v) is 8.01. The highest BCUT2D eigenvalue weighted by molar-refractivity contribution is 7.99. The first kappa shape index (κ1) is 15.3. The largest absolute Gasteiger partial charge is 0.454 e. The Balaban J connectivity index is 1.91. The summed E-state index contributed by atoms with van der Waals surface area (Å²) in [5, 5.41) is 3.35. The zero-order valence-corrected chi connectivity index (χ0v) is 13.1. The smallest absolute Gasteiger partial charge is 0.232 e. The third kappa shape index (κ3) is 3.73. The monoisotopic (exact) mass is 315 g/mol. The summed E-state index contributed by atoms with van der Waals surface area (Å²) in [6.07, 6.45) is 0.945. The van der Waals surface area contributed by atoms with Gasteiger partial charge in [-0.05, 0) is 31.0 Å². The third-order valence-corrected chi connectivity index (χ3v) is 4.40. The molecule has 1 atom stereocenters. The number of nitrogens with one attached hydrogen (secondary N) is 1. The number of fused-ring (bicyclic) bond motifs is 1. The molecule has 1 aromatic rings. The van der Waals surface area contributed by atoms with Gasteiger partial charge in [0.25, 0.3) is 0 Å². The second kappa shape index (κ2) is 7.09. The van der Waals surface area contributed by atoms with Gasteiger partial charge in [0.1, 0.15) is 0 Å². The number of hydrogen-bond acceptors (Lipinski definition) is 4. The van der Waals surface area contributed by atoms with E-state index in [4.69, 9.17) is 21.1 Å². The minimum atomic E-state index is -0.0919. The van der Waals surface area contributed by atoms with Crippen LogP contribution in [0.15, 0.2) is 12.1 Å². The minimum Gasteiger partial charge on any atom is -0.454 e. The van der Waals surface area contributed by atoms with Crippen molar-refractivity contribution in [3.63, 3.8) is 0 Å². The number of amides is 1. The number of ether oxygens (including phenoxy) is 2. The lowest BCUT2D eigenvalue weighted by atomic mass is 10.2. The molecule has 6 heteroatoms. The summed E-state index contributed by atoms with van der Waals surface area (Å²) in [6, 6.07) is 3.77. The van der Waals surface area contributed by atoms with Crippen LogP contribution in [0.1, 0.15) is 25.8 Å². The lowest BCUT2D eigenvalue weighted by Crippen LogP contribution is -2.31. The summed E-state index contributed by atoms with van der Waals surface area (Å²) in [7, 11) is 0. The van der Waals surface area contributed by atoms with Crippen LogP contribution in [0, 0.1) is 0 Å². The van der Waals surface area contributed by atoms with Gasteiger partial charge in [0.05, 0.1) is 10.3 Å². The summed E-state index contributed by atoms with van der Waals surface area (Å²) >= 11 is 7.70. The van der Waals surface area contributed by atoms with Gasteiger partial charge in [0, 0.05) is 12.3 Å². The maximum Gasteiger partial charge on any atom is 0.232 e. The topological polar surface area (TPSA) is 47.6 Å². The fourth-order valence-corrected chi connectivity index (χ4v) is 2.92. The van der Waals surface area contributed by atoms with Crippen LogP contribution in [-0.4, -0.2) is 24.5 Å². The van der Waals surface area contributed by atoms with Gasteiger partial charge >= 0.3 is 0 Å². The molecule has 1 aromatic carbocycles. The van der Waals surface area contributed by atoms with Crippen LogP contribution in [-0.2, 0) is 10.5 Å². The summed E-state index contributed by atoms with van der Waals surface area (Å²) in [5.41, 5.74) is 1.03. The minimum absolute atomic E-state index is 0.0729. The summed E-state index contributed by atoms with van der Waals surface area (Å²) in [4.78, 5) is 11.8. The van der Waals surface area contributed by atoms with E-state index in [-0.39, 0.29) is 18.0 Å². The van der Waals surface area contributed by atoms with Crippen molar-refractivity contribution in [2.45, 2.75) is 31.3 Å². The van der Waals surface area contributed by atoms with Crippen molar-refractivity contribution in [1.29, 1.82) is 0 Å². The van der Waals surface area contributed by atoms with E-state index in [1.54, 1.807) is 11.8 Å². The van der Waals surface area contributed by atoms with Crippen LogP contribution in [0.3, 0.4) is 0 Å². The van der Waals surface area contributed by atoms with Gasteiger partial charge in [-0.2, -0.15) is 0 Å². The standard InChI is InChI=1S/C14H18ClNO3S/c1-3-4-16-14(17)9(2)20-7-10-5-11(15)13-12(6-10)18-8-19-13/h5-6,9H,3-4,7-8H2,1-2H3,(H,16,17). The van der Waals surface area contributed by atoms with Crippen molar-refractivity contribution in [1.82, 2.24) is 5.32 Å². The molecule has 1 unspecified atom stereocenters. The Morgan fingerprint density at radius 1 is 1.50 bits per heavy atom. The molecule has 0 aliphatic carbocycles. The molecule has 1 amide bonds. The molecule has 0 spiro atoms. The van der Waals surface area contributed by atoms with Crippen molar-refractivity contribution in [2.75, 3.05) is 13.3 Å². The molecule has 0 bridgehead atoms. The van der Waals surface area contributed by atoms with Gasteiger partial charge in [-0.15, -0.1) is 11.8 Å². The second-order valence-corrected chi connectivity index (χ2v) is 6.29. The SMILES string of the molecule is CCCNC(=O)C(C)SCc1cc(Cl)c2c(c1)OCO2. The first-order valence-electron chi connectivity index (χ1n) is 6.59. The number of carbonyl (C=O) groups is 1. The fraction of sp³-hybridized carbons (Fsp3) is 0.500. The quantitative estimate of drug-likeness (QED) is 0.875. The van der Waals surface area contributed by atoms with Crippen molar-refractivity contribution in [3.8, 4) is 11.5 Å². The molecule has 0 aromatic heterocycles. The molecule has 4 nitrogen and oxygen atoms in total. The molecule has 1 heterocycles. The van der Waals surface area contributed by atoms with Crippen LogP contribution < -0.4 is 14.8 Å². The first-order chi connectivity index (χ1) is 9.61. The van der Waals surface area contributed by atoms with Gasteiger partial charge in [-0.1, -0.05) is 18.5 Å². The molecule has 0 saturated heterocycles. The summed E-state index contributed by atoms with van der Waals surface area (Å²) < 4.78 is 10.6. The molecule has 0 saturated carbocycles. The van der Waals surface area contributed by atoms with Crippen molar-refractivity contribution in [3.05, 3.63) is 22.7 Å². The van der Waals surface area contributed by atoms with Crippen molar-refractivity contribution >= 4 is 29.3 Å². The van der Waals surface area contributed by atoms with Crippen LogP contribution in [0.4, 0.5) is 0 Å². The van der Waals surface area contributed by atoms with E-state index in [2.05, 4.69) is 5.32 Å². The van der Waals surface area contributed by atoms with E-state index in [0.717, 1.165) is 18.5 Å². The number of rotatable bonds is 6. The third-order valence-electron chi connectivity index (χ3n) is 2.91. The van der Waals surface area contributed by atoms with Crippen LogP contribution >= 0.6 is 23.4 Å². The normalized spacial score (nSPS) is 14.2. The Kier molecular flexibility index (Phi) is 5.43. The van der Waals surface area contributed by atoms with E-state index in [1.165, 1.54) is 0 Å². The molecule has 1 aliphatic rings. The maximum absolute atomic E-state index is 11.8. The highest BCUT2D eigenvalue weighted by Gasteiger charge is 2.19. The molecular weight excluding hydrogens is 298 g/mol. The number of halogens is 1. The molecule has 1 N–H and O–H groups in total. The highest BCUT2D eigenvalue weighted by Crippen LogP contribution is 2.40. The van der Waals surface area contributed by atoms with Gasteiger partial charge in [-0.3, -0.25) is 4.79 Å². The molecule has 1 aliphatic heterocycles. The van der Waals surface area contributed by atoms with E-state index in [1.807, 2.05) is 26.0 Å². The molecular formula is C14H18ClNO3S. The lowest BCUT2D eigenvalue weighted by molar-refractivity contribution is -0.120. The van der Waals surface area contributed by atoms with Crippen LogP contribution in [0.25, 0.3) is 0 Å². The van der Waals surface area contributed by atoms with Gasteiger partial charge in [0.15, 0.2) is 11.5 Å². The zero-order valence-electron chi connectivity index (χ0n) is 11.6. The van der Waals surface area contributed by atoms with Crippen LogP contribution in [0.5, 0.6) is 11.5 Å². The van der Waals surface area contributed by atoms with E-state index in [0.29, 0.717) is 22.3 Å². The van der Waals surface area contributed by atoms with Crippen molar-refractivity contribution < 1.29 is 14.3 Å². The van der Waals surface area contributed by atoms with Gasteiger partial charge in [0.2, 0.25) is 12.7 Å². The van der Waals surface area contributed by atoms with E-state index < -0.39 is 0 Å². The lowest BCUT2D eigenvalue weighted by Gasteiger charge is -2.12. The van der Waals surface area contributed by atoms with E-state index in [9.17, 15) is 4.79 Å². The summed E-state index contributed by atoms with van der Waals surface area (Å²) in [6.45, 7) is 4.87. The second-order valence-electron chi connectivity index (χ2n) is 4.56. The fourth-order valence-electron chi connectivity index (χ4n) is 1.79. The zero-order chi connectivity index (χ0) is 14.5. The maximum atomic E-state index is 11.8. The van der Waals surface area contributed by atoms with Crippen molar-refractivity contribution in [2.24, 2.45) is 0 Å². The molecule has 2 rings (SSSR count). The Morgan fingerprint density at radius 3 is 3.05 bits per heavy atom. The summed E-state index contributed by atoms with van der Waals surface area (Å²) in [5.74, 6) is 2.06. The molecule has 20 heavy (non-hydrogen) atoms. The Morgan fingerprint density at radius 2 is 2.30 bits per heavy atom. The molecule has 110 valence electrons. The number of thioether (sulfide) groups is 1. The number of carbonyl (C=O) groups excluding carboxylic acids is 1. The Hall–Kier alpha value is -1.07. The average Bonchev–Trinajstić information content (AvgIpc) is 2.91. The number of benzene rings is 1. The van der Waals surface area contributed by atoms with Crippen LogP contribution in [0.2, 0.25) is 5.02 Å². The predicted octanol–water partition coefficient (Wildman–Crippen LogP) is 3.22. The average molecular weight is 316 g/mol. The van der Waals surface area contributed by atoms with Gasteiger partial charge < -0.3 is 14.8 Å². The highest BCUT2D eigenvalue weighted by atomic mass is 35.5. The van der Waals surface area contributed by atoms with Gasteiger partial charge in [-0.25, -0.2) is 0 Å². The molecule has 0 fully saturated rings. The van der Waals surface area contributed by atoms with E-state index >= 15 is 0 Å². The molecule has 0 radical (unpaired) electrons. The predicted molar refractivity (Wildman–Crippen MR) is 81.6 cm³/mol.